The molecule has 3 N–H and O–H groups in total. The molecule has 0 amide bonds. The molecule has 30 heavy (non-hydrogen) atoms. The molecule has 2 aliphatic rings. The summed E-state index contributed by atoms with van der Waals surface area (Å²) in [6.45, 7) is 2.69. The number of fused-ring (bicyclic) bond motifs is 2. The molecule has 4 atom stereocenters. The third-order valence-electron chi connectivity index (χ3n) is 6.34. The minimum absolute atomic E-state index is 0.0549. The maximum atomic E-state index is 15.0. The summed E-state index contributed by atoms with van der Waals surface area (Å²) in [7, 11) is 0. The van der Waals surface area contributed by atoms with Gasteiger partial charge in [-0.3, -0.25) is 5.10 Å². The molecule has 5 rings (SSSR count). The highest BCUT2D eigenvalue weighted by atomic mass is 19.1. The topological polar surface area (TPSA) is 90.0 Å². The third-order valence-corrected chi connectivity index (χ3v) is 6.34. The smallest absolute Gasteiger partial charge is 0.151 e. The second-order valence-corrected chi connectivity index (χ2v) is 8.08. The predicted molar refractivity (Wildman–Crippen MR) is 113 cm³/mol. The molecule has 0 spiro atoms. The fraction of sp³-hybridized carbons (Fsp3) is 0.409. The van der Waals surface area contributed by atoms with Crippen molar-refractivity contribution in [2.45, 2.75) is 50.5 Å². The fourth-order valence-corrected chi connectivity index (χ4v) is 4.80. The number of H-pyrrole nitrogens is 1. The second-order valence-electron chi connectivity index (χ2n) is 8.08. The number of aromatic amines is 1. The Labute approximate surface area is 174 Å². The average Bonchev–Trinajstić information content (AvgIpc) is 3.44. The van der Waals surface area contributed by atoms with Crippen LogP contribution in [0, 0.1) is 0 Å². The zero-order valence-electron chi connectivity index (χ0n) is 16.8. The molecule has 7 nitrogen and oxygen atoms in total. The first-order valence-corrected chi connectivity index (χ1v) is 10.5. The lowest BCUT2D eigenvalue weighted by Crippen LogP contribution is -2.56. The number of nitrogens with one attached hydrogen (secondary N) is 2. The summed E-state index contributed by atoms with van der Waals surface area (Å²) < 4.78 is 15.0. The number of halogens is 1. The Bertz CT molecular complexity index is 1010. The van der Waals surface area contributed by atoms with Gasteiger partial charge in [-0.05, 0) is 56.0 Å². The first-order chi connectivity index (χ1) is 14.6. The van der Waals surface area contributed by atoms with Crippen LogP contribution in [0.5, 0.6) is 5.75 Å². The average molecular weight is 408 g/mol. The van der Waals surface area contributed by atoms with E-state index in [-0.39, 0.29) is 17.8 Å². The van der Waals surface area contributed by atoms with Gasteiger partial charge in [-0.15, -0.1) is 10.2 Å². The number of aromatic hydroxyl groups is 1. The number of anilines is 1. The summed E-state index contributed by atoms with van der Waals surface area (Å²) in [5.74, 6) is 0.798. The zero-order chi connectivity index (χ0) is 20.7. The van der Waals surface area contributed by atoms with Crippen LogP contribution in [-0.2, 0) is 0 Å². The maximum Gasteiger partial charge on any atom is 0.151 e. The molecule has 2 unspecified atom stereocenters. The van der Waals surface area contributed by atoms with Crippen LogP contribution in [0.25, 0.3) is 22.4 Å². The lowest BCUT2D eigenvalue weighted by Gasteiger charge is -2.40. The quantitative estimate of drug-likeness (QED) is 0.600. The van der Waals surface area contributed by atoms with E-state index in [2.05, 4.69) is 25.7 Å². The SMILES string of the molecule is CCN(c1ccc(-c2ccc(-c3cn[nH]c3)cc2O)nn1)[C@H]1CC2CCC(N2)[C@H]1F. The van der Waals surface area contributed by atoms with Crippen molar-refractivity contribution in [3.63, 3.8) is 0 Å². The Kier molecular flexibility index (Phi) is 4.86. The van der Waals surface area contributed by atoms with Crippen LogP contribution in [0.4, 0.5) is 10.2 Å². The standard InChI is InChI=1S/C22H25FN6O/c1-2-29(19-10-15-4-6-18(26-15)22(19)23)21-8-7-17(27-28-21)16-5-3-13(9-20(16)30)14-11-24-25-12-14/h3,5,7-9,11-12,15,18-19,22,26,30H,2,4,6,10H2,1H3,(H,24,25)/t15?,18?,19-,22+/m0/s1. The number of alkyl halides is 1. The second kappa shape index (κ2) is 7.68. The minimum Gasteiger partial charge on any atom is -0.507 e. The van der Waals surface area contributed by atoms with Gasteiger partial charge in [0.05, 0.1) is 17.9 Å². The molecular formula is C22H25FN6O. The van der Waals surface area contributed by atoms with Gasteiger partial charge in [-0.25, -0.2) is 4.39 Å². The number of phenols is 1. The zero-order valence-corrected chi connectivity index (χ0v) is 16.8. The third kappa shape index (κ3) is 3.31. The van der Waals surface area contributed by atoms with Gasteiger partial charge < -0.3 is 15.3 Å². The van der Waals surface area contributed by atoms with Crippen LogP contribution in [0.3, 0.4) is 0 Å². The molecule has 2 saturated heterocycles. The van der Waals surface area contributed by atoms with Crippen molar-refractivity contribution < 1.29 is 9.50 Å². The Morgan fingerprint density at radius 2 is 2.07 bits per heavy atom. The van der Waals surface area contributed by atoms with E-state index in [4.69, 9.17) is 0 Å². The van der Waals surface area contributed by atoms with E-state index in [1.165, 1.54) is 0 Å². The van der Waals surface area contributed by atoms with Crippen LogP contribution >= 0.6 is 0 Å². The van der Waals surface area contributed by atoms with Gasteiger partial charge in [-0.1, -0.05) is 6.07 Å². The molecule has 2 aromatic heterocycles. The number of phenolic OH excluding ortho intramolecular Hbond substituents is 1. The van der Waals surface area contributed by atoms with Gasteiger partial charge >= 0.3 is 0 Å². The number of hydrogen-bond donors (Lipinski definition) is 3. The summed E-state index contributed by atoms with van der Waals surface area (Å²) in [5, 5.41) is 29.3. The first-order valence-electron chi connectivity index (χ1n) is 10.5. The summed E-state index contributed by atoms with van der Waals surface area (Å²) >= 11 is 0. The number of benzene rings is 1. The van der Waals surface area contributed by atoms with E-state index >= 15 is 4.39 Å². The van der Waals surface area contributed by atoms with Crippen molar-refractivity contribution in [1.29, 1.82) is 0 Å². The first kappa shape index (κ1) is 19.0. The van der Waals surface area contributed by atoms with Gasteiger partial charge in [0.1, 0.15) is 11.9 Å². The fourth-order valence-electron chi connectivity index (χ4n) is 4.80. The molecule has 0 aliphatic carbocycles. The molecule has 3 aromatic rings. The van der Waals surface area contributed by atoms with Crippen molar-refractivity contribution in [3.05, 3.63) is 42.7 Å². The van der Waals surface area contributed by atoms with Crippen molar-refractivity contribution in [2.75, 3.05) is 11.4 Å². The van der Waals surface area contributed by atoms with E-state index < -0.39 is 6.17 Å². The Morgan fingerprint density at radius 1 is 1.17 bits per heavy atom. The number of aromatic nitrogens is 4. The number of nitrogens with zero attached hydrogens (tertiary/aromatic N) is 4. The highest BCUT2D eigenvalue weighted by molar-refractivity contribution is 5.73. The number of rotatable bonds is 5. The molecule has 1 aromatic carbocycles. The molecular weight excluding hydrogens is 383 g/mol. The molecule has 2 bridgehead atoms. The summed E-state index contributed by atoms with van der Waals surface area (Å²) in [5.41, 5.74) is 2.94. The highest BCUT2D eigenvalue weighted by Gasteiger charge is 2.44. The van der Waals surface area contributed by atoms with Gasteiger partial charge in [0, 0.05) is 36.0 Å². The summed E-state index contributed by atoms with van der Waals surface area (Å²) in [4.78, 5) is 2.02. The van der Waals surface area contributed by atoms with E-state index in [0.29, 0.717) is 29.7 Å². The van der Waals surface area contributed by atoms with Crippen LogP contribution in [0.15, 0.2) is 42.7 Å². The van der Waals surface area contributed by atoms with Crippen molar-refractivity contribution in [1.82, 2.24) is 25.7 Å². The minimum atomic E-state index is -0.912. The summed E-state index contributed by atoms with van der Waals surface area (Å²) in [6.07, 6.45) is 5.28. The lowest BCUT2D eigenvalue weighted by molar-refractivity contribution is 0.173. The maximum absolute atomic E-state index is 15.0. The van der Waals surface area contributed by atoms with Crippen molar-refractivity contribution in [2.24, 2.45) is 0 Å². The molecule has 0 saturated carbocycles. The Balaban J connectivity index is 1.38. The summed E-state index contributed by atoms with van der Waals surface area (Å²) in [6, 6.07) is 9.27. The molecule has 156 valence electrons. The highest BCUT2D eigenvalue weighted by Crippen LogP contribution is 2.35. The van der Waals surface area contributed by atoms with Gasteiger partial charge in [0.2, 0.25) is 0 Å². The monoisotopic (exact) mass is 408 g/mol. The largest absolute Gasteiger partial charge is 0.507 e. The van der Waals surface area contributed by atoms with E-state index in [1.807, 2.05) is 36.1 Å². The number of hydrogen-bond acceptors (Lipinski definition) is 6. The van der Waals surface area contributed by atoms with E-state index in [9.17, 15) is 5.11 Å². The van der Waals surface area contributed by atoms with Crippen LogP contribution in [-0.4, -0.2) is 56.3 Å². The van der Waals surface area contributed by atoms with Crippen LogP contribution in [0.2, 0.25) is 0 Å². The molecule has 0 radical (unpaired) electrons. The Hall–Kier alpha value is -3.00. The molecule has 2 aliphatic heterocycles. The molecule has 4 heterocycles. The van der Waals surface area contributed by atoms with Gasteiger partial charge in [-0.2, -0.15) is 5.10 Å². The van der Waals surface area contributed by atoms with Gasteiger partial charge in [0.25, 0.3) is 0 Å². The number of piperidine rings is 1. The normalized spacial score (nSPS) is 25.4. The van der Waals surface area contributed by atoms with Crippen molar-refractivity contribution >= 4 is 5.82 Å². The lowest BCUT2D eigenvalue weighted by atomic mass is 9.96. The van der Waals surface area contributed by atoms with Crippen LogP contribution < -0.4 is 10.2 Å². The van der Waals surface area contributed by atoms with Gasteiger partial charge in [0.15, 0.2) is 5.82 Å². The molecule has 8 heteroatoms. The van der Waals surface area contributed by atoms with Crippen molar-refractivity contribution in [3.8, 4) is 28.1 Å². The van der Waals surface area contributed by atoms with E-state index in [0.717, 1.165) is 30.4 Å². The van der Waals surface area contributed by atoms with Crippen LogP contribution in [0.1, 0.15) is 26.2 Å². The molecule has 2 fully saturated rings. The Morgan fingerprint density at radius 3 is 2.77 bits per heavy atom. The predicted octanol–water partition coefficient (Wildman–Crippen LogP) is 3.30. The van der Waals surface area contributed by atoms with E-state index in [1.54, 1.807) is 18.5 Å².